The van der Waals surface area contributed by atoms with E-state index in [1.165, 1.54) is 0 Å². The topological polar surface area (TPSA) is 100 Å². The zero-order valence-electron chi connectivity index (χ0n) is 10.7. The van der Waals surface area contributed by atoms with Gasteiger partial charge in [0.1, 0.15) is 0 Å². The van der Waals surface area contributed by atoms with Crippen molar-refractivity contribution in [1.82, 2.24) is 14.4 Å². The SMILES string of the molecule is CC(O)C(C)(C)Nc1nc(NN)cn2ccnc12. The number of hydrogen-bond acceptors (Lipinski definition) is 6. The Kier molecular flexibility index (Phi) is 3.10. The van der Waals surface area contributed by atoms with E-state index in [0.29, 0.717) is 17.3 Å². The second-order valence-electron chi connectivity index (χ2n) is 4.80. The van der Waals surface area contributed by atoms with E-state index in [1.54, 1.807) is 25.5 Å². The van der Waals surface area contributed by atoms with Crippen molar-refractivity contribution in [3.05, 3.63) is 18.6 Å². The molecule has 0 radical (unpaired) electrons. The van der Waals surface area contributed by atoms with E-state index in [1.807, 2.05) is 18.2 Å². The molecule has 0 amide bonds. The average molecular weight is 250 g/mol. The van der Waals surface area contributed by atoms with E-state index >= 15 is 0 Å². The molecule has 0 saturated carbocycles. The number of aromatic nitrogens is 3. The number of hydrazine groups is 1. The summed E-state index contributed by atoms with van der Waals surface area (Å²) in [5.41, 5.74) is 2.66. The fraction of sp³-hybridized carbons (Fsp3) is 0.455. The summed E-state index contributed by atoms with van der Waals surface area (Å²) in [7, 11) is 0. The van der Waals surface area contributed by atoms with Gasteiger partial charge in [-0.1, -0.05) is 0 Å². The lowest BCUT2D eigenvalue weighted by Gasteiger charge is -2.30. The molecule has 0 aromatic carbocycles. The zero-order chi connectivity index (χ0) is 13.3. The Morgan fingerprint density at radius 3 is 2.83 bits per heavy atom. The van der Waals surface area contributed by atoms with Gasteiger partial charge in [0.05, 0.1) is 17.8 Å². The highest BCUT2D eigenvalue weighted by Crippen LogP contribution is 2.21. The largest absolute Gasteiger partial charge is 0.391 e. The Labute approximate surface area is 105 Å². The lowest BCUT2D eigenvalue weighted by atomic mass is 9.99. The third-order valence-corrected chi connectivity index (χ3v) is 3.01. The molecule has 1 atom stereocenters. The van der Waals surface area contributed by atoms with Crippen LogP contribution in [0.3, 0.4) is 0 Å². The van der Waals surface area contributed by atoms with Crippen LogP contribution in [0.25, 0.3) is 5.65 Å². The summed E-state index contributed by atoms with van der Waals surface area (Å²) in [6.45, 7) is 5.50. The van der Waals surface area contributed by atoms with Crippen molar-refractivity contribution in [3.63, 3.8) is 0 Å². The first-order chi connectivity index (χ1) is 8.44. The second-order valence-corrected chi connectivity index (χ2v) is 4.80. The molecule has 0 aliphatic carbocycles. The molecular formula is C11H18N6O. The van der Waals surface area contributed by atoms with Crippen LogP contribution in [0.5, 0.6) is 0 Å². The van der Waals surface area contributed by atoms with Crippen molar-refractivity contribution in [3.8, 4) is 0 Å². The van der Waals surface area contributed by atoms with E-state index in [0.717, 1.165) is 0 Å². The van der Waals surface area contributed by atoms with Gasteiger partial charge in [-0.25, -0.2) is 15.8 Å². The van der Waals surface area contributed by atoms with E-state index in [-0.39, 0.29) is 0 Å². The minimum absolute atomic E-state index is 0.518. The molecule has 7 nitrogen and oxygen atoms in total. The van der Waals surface area contributed by atoms with Crippen LogP contribution in [0.2, 0.25) is 0 Å². The molecule has 1 unspecified atom stereocenters. The van der Waals surface area contributed by atoms with Gasteiger partial charge in [0.15, 0.2) is 17.3 Å². The predicted molar refractivity (Wildman–Crippen MR) is 70.2 cm³/mol. The number of nitrogens with zero attached hydrogens (tertiary/aromatic N) is 3. The number of rotatable bonds is 4. The van der Waals surface area contributed by atoms with E-state index < -0.39 is 11.6 Å². The van der Waals surface area contributed by atoms with Crippen molar-refractivity contribution in [2.45, 2.75) is 32.4 Å². The minimum atomic E-state index is -0.538. The summed E-state index contributed by atoms with van der Waals surface area (Å²) in [6, 6.07) is 0. The molecule has 2 rings (SSSR count). The Morgan fingerprint density at radius 1 is 1.50 bits per heavy atom. The Hall–Kier alpha value is -1.86. The van der Waals surface area contributed by atoms with Crippen LogP contribution in [0.1, 0.15) is 20.8 Å². The van der Waals surface area contributed by atoms with E-state index in [2.05, 4.69) is 20.7 Å². The number of anilines is 2. The molecule has 5 N–H and O–H groups in total. The standard InChI is InChI=1S/C11H18N6O/c1-7(18)11(2,3)15-9-10-13-4-5-17(10)6-8(14-9)16-12/h4-7,16,18H,12H2,1-3H3,(H,14,15). The molecule has 0 saturated heterocycles. The Morgan fingerprint density at radius 2 is 2.22 bits per heavy atom. The summed E-state index contributed by atoms with van der Waals surface area (Å²) >= 11 is 0. The van der Waals surface area contributed by atoms with Gasteiger partial charge in [-0.05, 0) is 20.8 Å². The number of nitrogens with one attached hydrogen (secondary N) is 2. The molecule has 0 aliphatic rings. The van der Waals surface area contributed by atoms with Gasteiger partial charge in [-0.2, -0.15) is 0 Å². The van der Waals surface area contributed by atoms with Crippen LogP contribution >= 0.6 is 0 Å². The van der Waals surface area contributed by atoms with Gasteiger partial charge in [-0.3, -0.25) is 0 Å². The first-order valence-electron chi connectivity index (χ1n) is 5.70. The lowest BCUT2D eigenvalue weighted by Crippen LogP contribution is -2.42. The molecule has 0 aliphatic heterocycles. The molecule has 2 aromatic rings. The van der Waals surface area contributed by atoms with Crippen LogP contribution in [-0.2, 0) is 0 Å². The molecule has 0 spiro atoms. The maximum atomic E-state index is 9.73. The molecular weight excluding hydrogens is 232 g/mol. The Balaban J connectivity index is 2.46. The smallest absolute Gasteiger partial charge is 0.180 e. The van der Waals surface area contributed by atoms with Crippen molar-refractivity contribution in [2.24, 2.45) is 5.84 Å². The number of fused-ring (bicyclic) bond motifs is 1. The highest BCUT2D eigenvalue weighted by atomic mass is 16.3. The zero-order valence-corrected chi connectivity index (χ0v) is 10.7. The normalized spacial score (nSPS) is 13.6. The lowest BCUT2D eigenvalue weighted by molar-refractivity contribution is 0.133. The van der Waals surface area contributed by atoms with E-state index in [4.69, 9.17) is 5.84 Å². The maximum absolute atomic E-state index is 9.73. The third kappa shape index (κ3) is 2.22. The molecule has 7 heteroatoms. The monoisotopic (exact) mass is 250 g/mol. The summed E-state index contributed by atoms with van der Waals surface area (Å²) in [5, 5.41) is 12.9. The van der Waals surface area contributed by atoms with Gasteiger partial charge >= 0.3 is 0 Å². The highest BCUT2D eigenvalue weighted by Gasteiger charge is 2.25. The molecule has 18 heavy (non-hydrogen) atoms. The number of hydrogen-bond donors (Lipinski definition) is 4. The first kappa shape index (κ1) is 12.6. The number of imidazole rings is 1. The number of nitrogen functional groups attached to an aromatic ring is 1. The van der Waals surface area contributed by atoms with Gasteiger partial charge < -0.3 is 20.2 Å². The second kappa shape index (κ2) is 4.43. The van der Waals surface area contributed by atoms with Crippen LogP contribution in [0, 0.1) is 0 Å². The van der Waals surface area contributed by atoms with Gasteiger partial charge in [0, 0.05) is 12.4 Å². The third-order valence-electron chi connectivity index (χ3n) is 3.01. The van der Waals surface area contributed by atoms with Crippen LogP contribution in [0.4, 0.5) is 11.6 Å². The number of nitrogens with two attached hydrogens (primary N) is 1. The first-order valence-corrected chi connectivity index (χ1v) is 5.70. The summed E-state index contributed by atoms with van der Waals surface area (Å²) in [6.07, 6.45) is 4.68. The Bertz CT molecular complexity index is 547. The molecule has 98 valence electrons. The summed E-state index contributed by atoms with van der Waals surface area (Å²) in [5.74, 6) is 6.47. The number of aliphatic hydroxyl groups is 1. The summed E-state index contributed by atoms with van der Waals surface area (Å²) < 4.78 is 1.81. The van der Waals surface area contributed by atoms with Crippen molar-refractivity contribution < 1.29 is 5.11 Å². The highest BCUT2D eigenvalue weighted by molar-refractivity contribution is 5.66. The fourth-order valence-electron chi connectivity index (χ4n) is 1.49. The molecule has 0 bridgehead atoms. The van der Waals surface area contributed by atoms with Gasteiger partial charge in [-0.15, -0.1) is 0 Å². The molecule has 2 aromatic heterocycles. The summed E-state index contributed by atoms with van der Waals surface area (Å²) in [4.78, 5) is 8.54. The van der Waals surface area contributed by atoms with Crippen molar-refractivity contribution in [2.75, 3.05) is 10.7 Å². The average Bonchev–Trinajstić information content (AvgIpc) is 2.76. The minimum Gasteiger partial charge on any atom is -0.391 e. The number of aliphatic hydroxyl groups excluding tert-OH is 1. The van der Waals surface area contributed by atoms with Crippen LogP contribution in [-0.4, -0.2) is 31.1 Å². The quantitative estimate of drug-likeness (QED) is 0.468. The van der Waals surface area contributed by atoms with Gasteiger partial charge in [0.25, 0.3) is 0 Å². The van der Waals surface area contributed by atoms with Gasteiger partial charge in [0.2, 0.25) is 0 Å². The van der Waals surface area contributed by atoms with Crippen molar-refractivity contribution >= 4 is 17.3 Å². The molecule has 2 heterocycles. The maximum Gasteiger partial charge on any atom is 0.180 e. The van der Waals surface area contributed by atoms with Crippen molar-refractivity contribution in [1.29, 1.82) is 0 Å². The fourth-order valence-corrected chi connectivity index (χ4v) is 1.49. The molecule has 0 fully saturated rings. The van der Waals surface area contributed by atoms with Crippen LogP contribution in [0.15, 0.2) is 18.6 Å². The predicted octanol–water partition coefficient (Wildman–Crippen LogP) is 0.586. The van der Waals surface area contributed by atoms with Crippen LogP contribution < -0.4 is 16.6 Å². The van der Waals surface area contributed by atoms with E-state index in [9.17, 15) is 5.11 Å².